The summed E-state index contributed by atoms with van der Waals surface area (Å²) in [6, 6.07) is 13.0. The topological polar surface area (TPSA) is 67.9 Å². The molecule has 0 spiro atoms. The predicted molar refractivity (Wildman–Crippen MR) is 116 cm³/mol. The van der Waals surface area contributed by atoms with Gasteiger partial charge in [-0.05, 0) is 68.1 Å². The number of hydrogen-bond donors (Lipinski definition) is 1. The zero-order valence-corrected chi connectivity index (χ0v) is 17.4. The third-order valence-corrected chi connectivity index (χ3v) is 5.74. The molecule has 1 saturated carbocycles. The minimum Gasteiger partial charge on any atom is -0.494 e. The zero-order chi connectivity index (χ0) is 20.9. The lowest BCUT2D eigenvalue weighted by Gasteiger charge is -2.21. The predicted octanol–water partition coefficient (Wildman–Crippen LogP) is 4.18. The van der Waals surface area contributed by atoms with Crippen molar-refractivity contribution >= 4 is 23.2 Å². The Morgan fingerprint density at radius 2 is 1.73 bits per heavy atom. The smallest absolute Gasteiger partial charge is 0.262 e. The highest BCUT2D eigenvalue weighted by atomic mass is 16.5. The van der Waals surface area contributed by atoms with Gasteiger partial charge in [0.15, 0.2) is 6.61 Å². The number of ether oxygens (including phenoxy) is 2. The van der Waals surface area contributed by atoms with Crippen molar-refractivity contribution in [2.45, 2.75) is 39.0 Å². The summed E-state index contributed by atoms with van der Waals surface area (Å²) in [5.74, 6) is 1.51. The van der Waals surface area contributed by atoms with Crippen molar-refractivity contribution in [2.24, 2.45) is 5.92 Å². The van der Waals surface area contributed by atoms with Gasteiger partial charge >= 0.3 is 0 Å². The van der Waals surface area contributed by atoms with Crippen molar-refractivity contribution in [1.82, 2.24) is 0 Å². The first kappa shape index (κ1) is 20.3. The summed E-state index contributed by atoms with van der Waals surface area (Å²) in [6.45, 7) is 3.17. The van der Waals surface area contributed by atoms with Crippen molar-refractivity contribution in [3.8, 4) is 11.5 Å². The summed E-state index contributed by atoms with van der Waals surface area (Å²) in [7, 11) is 0. The number of rotatable bonds is 7. The quantitative estimate of drug-likeness (QED) is 0.746. The second-order valence-corrected chi connectivity index (χ2v) is 7.81. The molecule has 1 fully saturated rings. The van der Waals surface area contributed by atoms with E-state index in [4.69, 9.17) is 9.47 Å². The number of hydrogen-bond acceptors (Lipinski definition) is 4. The molecule has 4 rings (SSSR count). The van der Waals surface area contributed by atoms with Crippen molar-refractivity contribution in [2.75, 3.05) is 30.0 Å². The molecule has 2 aliphatic rings. The Morgan fingerprint density at radius 3 is 2.43 bits per heavy atom. The fraction of sp³-hybridized carbons (Fsp3) is 0.417. The normalized spacial score (nSPS) is 15.7. The number of nitrogens with zero attached hydrogens (tertiary/aromatic N) is 1. The molecule has 0 aromatic heterocycles. The van der Waals surface area contributed by atoms with E-state index in [2.05, 4.69) is 5.32 Å². The molecular weight excluding hydrogens is 380 g/mol. The van der Waals surface area contributed by atoms with Crippen LogP contribution in [0.2, 0.25) is 0 Å². The molecule has 6 heteroatoms. The largest absolute Gasteiger partial charge is 0.494 e. The van der Waals surface area contributed by atoms with Crippen LogP contribution < -0.4 is 19.7 Å². The fourth-order valence-electron chi connectivity index (χ4n) is 4.22. The third-order valence-electron chi connectivity index (χ3n) is 5.74. The minimum atomic E-state index is -0.240. The van der Waals surface area contributed by atoms with Crippen LogP contribution in [0.25, 0.3) is 0 Å². The second kappa shape index (κ2) is 9.20. The monoisotopic (exact) mass is 408 g/mol. The maximum absolute atomic E-state index is 12.9. The van der Waals surface area contributed by atoms with Crippen LogP contribution in [0, 0.1) is 5.92 Å². The molecule has 0 unspecified atom stereocenters. The fourth-order valence-corrected chi connectivity index (χ4v) is 4.22. The van der Waals surface area contributed by atoms with E-state index in [9.17, 15) is 9.59 Å². The maximum Gasteiger partial charge on any atom is 0.262 e. The summed E-state index contributed by atoms with van der Waals surface area (Å²) >= 11 is 0. The third kappa shape index (κ3) is 4.58. The van der Waals surface area contributed by atoms with Crippen molar-refractivity contribution in [3.05, 3.63) is 48.0 Å². The van der Waals surface area contributed by atoms with E-state index in [-0.39, 0.29) is 24.3 Å². The molecule has 6 nitrogen and oxygen atoms in total. The van der Waals surface area contributed by atoms with Gasteiger partial charge in [-0.1, -0.05) is 18.9 Å². The van der Waals surface area contributed by atoms with E-state index in [1.54, 1.807) is 12.1 Å². The van der Waals surface area contributed by atoms with Crippen LogP contribution in [-0.4, -0.2) is 31.6 Å². The minimum absolute atomic E-state index is 0.0875. The van der Waals surface area contributed by atoms with E-state index in [1.807, 2.05) is 42.2 Å². The van der Waals surface area contributed by atoms with Crippen LogP contribution >= 0.6 is 0 Å². The van der Waals surface area contributed by atoms with Gasteiger partial charge in [0.25, 0.3) is 5.91 Å². The summed E-state index contributed by atoms with van der Waals surface area (Å²) in [5, 5.41) is 2.88. The molecular formula is C24H28N2O4. The maximum atomic E-state index is 12.9. The lowest BCUT2D eigenvalue weighted by Crippen LogP contribution is -2.33. The molecule has 1 aliphatic carbocycles. The van der Waals surface area contributed by atoms with Gasteiger partial charge in [-0.3, -0.25) is 9.59 Å². The van der Waals surface area contributed by atoms with E-state index in [1.165, 1.54) is 0 Å². The molecule has 2 aromatic carbocycles. The van der Waals surface area contributed by atoms with Gasteiger partial charge in [-0.25, -0.2) is 0 Å². The van der Waals surface area contributed by atoms with Gasteiger partial charge in [0, 0.05) is 23.8 Å². The van der Waals surface area contributed by atoms with Crippen LogP contribution in [0.4, 0.5) is 11.4 Å². The number of benzene rings is 2. The Balaban J connectivity index is 1.35. The van der Waals surface area contributed by atoms with Crippen LogP contribution in [0.1, 0.15) is 38.2 Å². The number of nitrogens with one attached hydrogen (secondary N) is 1. The highest BCUT2D eigenvalue weighted by molar-refractivity contribution is 5.99. The van der Waals surface area contributed by atoms with Gasteiger partial charge in [0.2, 0.25) is 5.91 Å². The zero-order valence-electron chi connectivity index (χ0n) is 17.4. The molecule has 158 valence electrons. The average Bonchev–Trinajstić information content (AvgIpc) is 3.43. The first-order valence-corrected chi connectivity index (χ1v) is 10.7. The Bertz CT molecular complexity index is 904. The van der Waals surface area contributed by atoms with E-state index < -0.39 is 0 Å². The molecule has 1 heterocycles. The van der Waals surface area contributed by atoms with Crippen molar-refractivity contribution in [3.63, 3.8) is 0 Å². The van der Waals surface area contributed by atoms with Crippen LogP contribution in [0.5, 0.6) is 11.5 Å². The summed E-state index contributed by atoms with van der Waals surface area (Å²) in [5.41, 5.74) is 2.77. The average molecular weight is 408 g/mol. The van der Waals surface area contributed by atoms with Gasteiger partial charge in [-0.2, -0.15) is 0 Å². The number of carbonyl (C=O) groups is 2. The van der Waals surface area contributed by atoms with Crippen LogP contribution in [-0.2, 0) is 16.0 Å². The summed E-state index contributed by atoms with van der Waals surface area (Å²) < 4.78 is 11.0. The highest BCUT2D eigenvalue weighted by Crippen LogP contribution is 2.35. The van der Waals surface area contributed by atoms with Crippen molar-refractivity contribution < 1.29 is 19.1 Å². The first-order valence-electron chi connectivity index (χ1n) is 10.7. The molecule has 2 amide bonds. The van der Waals surface area contributed by atoms with Gasteiger partial charge < -0.3 is 19.7 Å². The standard InChI is InChI=1S/C24H28N2O4/c1-2-29-20-9-11-21(12-10-20)30-16-23(27)25-19-8-7-17-13-14-26(22(17)15-19)24(28)18-5-3-4-6-18/h7-12,15,18H,2-6,13-14,16H2,1H3,(H,25,27). The number of fused-ring (bicyclic) bond motifs is 1. The van der Waals surface area contributed by atoms with Crippen LogP contribution in [0.15, 0.2) is 42.5 Å². The number of amides is 2. The Morgan fingerprint density at radius 1 is 1.03 bits per heavy atom. The Hall–Kier alpha value is -3.02. The van der Waals surface area contributed by atoms with Gasteiger partial charge in [0.1, 0.15) is 11.5 Å². The lowest BCUT2D eigenvalue weighted by atomic mass is 10.1. The summed E-state index contributed by atoms with van der Waals surface area (Å²) in [6.07, 6.45) is 5.12. The van der Waals surface area contributed by atoms with Gasteiger partial charge in [0.05, 0.1) is 6.61 Å². The molecule has 30 heavy (non-hydrogen) atoms. The summed E-state index contributed by atoms with van der Waals surface area (Å²) in [4.78, 5) is 27.1. The molecule has 0 radical (unpaired) electrons. The highest BCUT2D eigenvalue weighted by Gasteiger charge is 2.31. The first-order chi connectivity index (χ1) is 14.6. The lowest BCUT2D eigenvalue weighted by molar-refractivity contribution is -0.122. The molecule has 0 bridgehead atoms. The number of carbonyl (C=O) groups excluding carboxylic acids is 2. The van der Waals surface area contributed by atoms with E-state index in [0.717, 1.165) is 55.6 Å². The molecule has 1 N–H and O–H groups in total. The molecule has 2 aromatic rings. The molecule has 1 aliphatic heterocycles. The SMILES string of the molecule is CCOc1ccc(OCC(=O)Nc2ccc3c(c2)N(C(=O)C2CCCC2)CC3)cc1. The second-order valence-electron chi connectivity index (χ2n) is 7.81. The number of anilines is 2. The van der Waals surface area contributed by atoms with Crippen molar-refractivity contribution in [1.29, 1.82) is 0 Å². The molecule has 0 atom stereocenters. The van der Waals surface area contributed by atoms with E-state index >= 15 is 0 Å². The molecule has 0 saturated heterocycles. The Kier molecular flexibility index (Phi) is 6.21. The van der Waals surface area contributed by atoms with Crippen LogP contribution in [0.3, 0.4) is 0 Å². The Labute approximate surface area is 177 Å². The van der Waals surface area contributed by atoms with Gasteiger partial charge in [-0.15, -0.1) is 0 Å². The van der Waals surface area contributed by atoms with E-state index in [0.29, 0.717) is 18.0 Å².